The molecule has 0 fully saturated rings. The van der Waals surface area contributed by atoms with Crippen LogP contribution in [0.3, 0.4) is 0 Å². The zero-order valence-electron chi connectivity index (χ0n) is 13.9. The predicted molar refractivity (Wildman–Crippen MR) is 112 cm³/mol. The second-order valence-corrected chi connectivity index (χ2v) is 7.64. The predicted octanol–water partition coefficient (Wildman–Crippen LogP) is 5.37. The van der Waals surface area contributed by atoms with Crippen molar-refractivity contribution < 1.29 is 9.53 Å². The molecule has 0 saturated carbocycles. The Kier molecular flexibility index (Phi) is 10.2. The number of hydrogen-bond acceptors (Lipinski definition) is 2. The van der Waals surface area contributed by atoms with Gasteiger partial charge in [-0.1, -0.05) is 55.1 Å². The summed E-state index contributed by atoms with van der Waals surface area (Å²) in [6.07, 6.45) is 3.41. The Morgan fingerprint density at radius 2 is 1.80 bits per heavy atom. The standard InChI is InChI=1S/C19H21Cl2O2P.Li.H/c1-3-4-5-11-23-14-9-10-17(13(2)12-14)24-19(22)18-15(20)7-6-8-16(18)21;;/h6-10,12,24H,3-5,11H2,1-2H3;;. The maximum atomic E-state index is 12.5. The van der Waals surface area contributed by atoms with Gasteiger partial charge >= 0.3 is 18.9 Å². The first-order chi connectivity index (χ1) is 11.5. The van der Waals surface area contributed by atoms with Gasteiger partial charge in [-0.3, -0.25) is 4.79 Å². The van der Waals surface area contributed by atoms with Crippen molar-refractivity contribution in [2.24, 2.45) is 0 Å². The van der Waals surface area contributed by atoms with Gasteiger partial charge in [-0.05, 0) is 57.1 Å². The van der Waals surface area contributed by atoms with E-state index in [4.69, 9.17) is 27.9 Å². The summed E-state index contributed by atoms with van der Waals surface area (Å²) in [6, 6.07) is 11.0. The van der Waals surface area contributed by atoms with Crippen LogP contribution in [0.1, 0.15) is 42.1 Å². The van der Waals surface area contributed by atoms with Crippen LogP contribution in [-0.2, 0) is 0 Å². The Labute approximate surface area is 173 Å². The molecule has 0 aliphatic rings. The quantitative estimate of drug-likeness (QED) is 0.344. The molecule has 0 heterocycles. The first-order valence-corrected chi connectivity index (χ1v) is 9.77. The molecular formula is C19H22Cl2LiO2P. The SMILES string of the molecule is CCCCCOc1ccc(PC(=O)c2c(Cl)cccc2Cl)c(C)c1.[LiH]. The van der Waals surface area contributed by atoms with E-state index in [-0.39, 0.29) is 33.0 Å². The van der Waals surface area contributed by atoms with E-state index in [2.05, 4.69) is 6.92 Å². The van der Waals surface area contributed by atoms with Crippen molar-refractivity contribution in [1.29, 1.82) is 0 Å². The van der Waals surface area contributed by atoms with Gasteiger partial charge in [0.05, 0.1) is 22.2 Å². The van der Waals surface area contributed by atoms with Gasteiger partial charge in [0, 0.05) is 0 Å². The monoisotopic (exact) mass is 390 g/mol. The molecule has 0 amide bonds. The normalized spacial score (nSPS) is 10.7. The summed E-state index contributed by atoms with van der Waals surface area (Å²) in [4.78, 5) is 12.5. The van der Waals surface area contributed by atoms with Gasteiger partial charge in [0.2, 0.25) is 0 Å². The second-order valence-electron chi connectivity index (χ2n) is 5.58. The molecule has 0 aliphatic carbocycles. The Morgan fingerprint density at radius 3 is 2.40 bits per heavy atom. The fourth-order valence-corrected chi connectivity index (χ4v) is 4.11. The molecule has 1 atom stereocenters. The van der Waals surface area contributed by atoms with E-state index in [9.17, 15) is 4.79 Å². The van der Waals surface area contributed by atoms with E-state index in [0.717, 1.165) is 29.6 Å². The molecule has 6 heteroatoms. The minimum absolute atomic E-state index is 0. The van der Waals surface area contributed by atoms with Crippen LogP contribution >= 0.6 is 31.8 Å². The summed E-state index contributed by atoms with van der Waals surface area (Å²) in [7, 11) is -0.0173. The van der Waals surface area contributed by atoms with E-state index in [1.807, 2.05) is 25.1 Å². The average molecular weight is 391 g/mol. The second kappa shape index (κ2) is 11.3. The van der Waals surface area contributed by atoms with Gasteiger partial charge in [0.25, 0.3) is 0 Å². The number of aryl methyl sites for hydroxylation is 1. The molecule has 2 nitrogen and oxygen atoms in total. The molecule has 0 aromatic heterocycles. The van der Waals surface area contributed by atoms with E-state index < -0.39 is 0 Å². The Hall–Kier alpha value is -0.483. The molecule has 25 heavy (non-hydrogen) atoms. The van der Waals surface area contributed by atoms with E-state index in [1.165, 1.54) is 12.8 Å². The van der Waals surface area contributed by atoms with Crippen LogP contribution < -0.4 is 10.0 Å². The summed E-state index contributed by atoms with van der Waals surface area (Å²) in [5.74, 6) is 0.848. The first-order valence-electron chi connectivity index (χ1n) is 8.01. The minimum atomic E-state index is -0.0506. The van der Waals surface area contributed by atoms with Gasteiger partial charge in [0.15, 0.2) is 5.52 Å². The van der Waals surface area contributed by atoms with Gasteiger partial charge in [0.1, 0.15) is 5.75 Å². The van der Waals surface area contributed by atoms with Crippen LogP contribution in [0.25, 0.3) is 0 Å². The molecule has 0 bridgehead atoms. The van der Waals surface area contributed by atoms with Crippen molar-refractivity contribution in [3.8, 4) is 5.75 Å². The molecule has 2 rings (SSSR count). The fraction of sp³-hybridized carbons (Fsp3) is 0.316. The summed E-state index contributed by atoms with van der Waals surface area (Å²) in [5, 5.41) is 1.78. The van der Waals surface area contributed by atoms with Crippen LogP contribution in [-0.4, -0.2) is 31.0 Å². The summed E-state index contributed by atoms with van der Waals surface area (Å²) in [5.41, 5.74) is 1.39. The zero-order valence-corrected chi connectivity index (χ0v) is 16.4. The molecule has 0 spiro atoms. The Balaban J connectivity index is 0.00000312. The summed E-state index contributed by atoms with van der Waals surface area (Å²) < 4.78 is 5.75. The van der Waals surface area contributed by atoms with Crippen LogP contribution in [0, 0.1) is 6.92 Å². The van der Waals surface area contributed by atoms with Gasteiger partial charge < -0.3 is 4.74 Å². The van der Waals surface area contributed by atoms with Crippen molar-refractivity contribution in [3.63, 3.8) is 0 Å². The molecular weight excluding hydrogens is 369 g/mol. The molecule has 1 unspecified atom stereocenters. The van der Waals surface area contributed by atoms with Crippen LogP contribution in [0.2, 0.25) is 10.0 Å². The number of benzene rings is 2. The third-order valence-electron chi connectivity index (χ3n) is 3.65. The number of hydrogen-bond donors (Lipinski definition) is 0. The van der Waals surface area contributed by atoms with E-state index in [0.29, 0.717) is 15.6 Å². The number of ether oxygens (including phenoxy) is 1. The molecule has 0 radical (unpaired) electrons. The molecule has 130 valence electrons. The van der Waals surface area contributed by atoms with Crippen molar-refractivity contribution in [1.82, 2.24) is 0 Å². The average Bonchev–Trinajstić information content (AvgIpc) is 2.54. The van der Waals surface area contributed by atoms with Crippen molar-refractivity contribution >= 4 is 61.5 Å². The fourth-order valence-electron chi connectivity index (χ4n) is 2.31. The molecule has 2 aromatic carbocycles. The van der Waals surface area contributed by atoms with Gasteiger partial charge in [-0.2, -0.15) is 0 Å². The van der Waals surface area contributed by atoms with Crippen LogP contribution in [0.4, 0.5) is 0 Å². The van der Waals surface area contributed by atoms with E-state index >= 15 is 0 Å². The van der Waals surface area contributed by atoms with Crippen molar-refractivity contribution in [2.75, 3.05) is 6.61 Å². The van der Waals surface area contributed by atoms with Gasteiger partial charge in [-0.15, -0.1) is 0 Å². The third kappa shape index (κ3) is 6.63. The Morgan fingerprint density at radius 1 is 1.12 bits per heavy atom. The third-order valence-corrected chi connectivity index (χ3v) is 5.59. The summed E-state index contributed by atoms with van der Waals surface area (Å²) in [6.45, 7) is 4.88. The number of carbonyl (C=O) groups excluding carboxylic acids is 1. The zero-order chi connectivity index (χ0) is 17.5. The molecule has 0 N–H and O–H groups in total. The van der Waals surface area contributed by atoms with Gasteiger partial charge in [-0.25, -0.2) is 0 Å². The van der Waals surface area contributed by atoms with Crippen molar-refractivity contribution in [2.45, 2.75) is 33.1 Å². The van der Waals surface area contributed by atoms with Crippen LogP contribution in [0.5, 0.6) is 5.75 Å². The number of unbranched alkanes of at least 4 members (excludes halogenated alkanes) is 2. The number of carbonyl (C=O) groups is 1. The summed E-state index contributed by atoms with van der Waals surface area (Å²) >= 11 is 12.2. The molecule has 2 aromatic rings. The molecule has 0 aliphatic heterocycles. The number of halogens is 2. The number of rotatable bonds is 8. The van der Waals surface area contributed by atoms with Crippen molar-refractivity contribution in [3.05, 3.63) is 57.6 Å². The molecule has 0 saturated heterocycles. The Bertz CT molecular complexity index is 702. The first kappa shape index (κ1) is 22.6. The van der Waals surface area contributed by atoms with E-state index in [1.54, 1.807) is 18.2 Å². The maximum absolute atomic E-state index is 12.5. The topological polar surface area (TPSA) is 26.3 Å². The van der Waals surface area contributed by atoms with Crippen LogP contribution in [0.15, 0.2) is 36.4 Å².